The summed E-state index contributed by atoms with van der Waals surface area (Å²) in [7, 11) is 0. The Morgan fingerprint density at radius 3 is 1.77 bits per heavy atom. The van der Waals surface area contributed by atoms with Gasteiger partial charge in [-0.3, -0.25) is 24.0 Å². The van der Waals surface area contributed by atoms with Crippen molar-refractivity contribution in [2.45, 2.75) is 43.4 Å². The lowest BCUT2D eigenvalue weighted by molar-refractivity contribution is -0.143. The van der Waals surface area contributed by atoms with Crippen molar-refractivity contribution in [3.8, 4) is 0 Å². The van der Waals surface area contributed by atoms with Gasteiger partial charge in [0, 0.05) is 12.2 Å². The average molecular weight is 450 g/mol. The van der Waals surface area contributed by atoms with Crippen molar-refractivity contribution >= 4 is 48.1 Å². The average Bonchev–Trinajstić information content (AvgIpc) is 2.66. The van der Waals surface area contributed by atoms with Gasteiger partial charge in [-0.2, -0.15) is 12.6 Å². The molecule has 0 aromatic rings. The Balaban J connectivity index is 5.20. The van der Waals surface area contributed by atoms with E-state index in [1.165, 1.54) is 0 Å². The van der Waals surface area contributed by atoms with Crippen LogP contribution in [0.15, 0.2) is 0 Å². The van der Waals surface area contributed by atoms with Crippen LogP contribution >= 0.6 is 12.6 Å². The molecule has 11 N–H and O–H groups in total. The van der Waals surface area contributed by atoms with Crippen molar-refractivity contribution in [1.82, 2.24) is 16.0 Å². The van der Waals surface area contributed by atoms with E-state index in [0.717, 1.165) is 0 Å². The van der Waals surface area contributed by atoms with Crippen molar-refractivity contribution in [1.29, 1.82) is 0 Å². The molecule has 0 aromatic heterocycles. The molecular weight excluding hydrogens is 424 g/mol. The Kier molecular flexibility index (Phi) is 12.0. The fourth-order valence-corrected chi connectivity index (χ4v) is 2.22. The van der Waals surface area contributed by atoms with E-state index in [4.69, 9.17) is 22.3 Å². The Hall–Kier alpha value is -2.91. The third kappa shape index (κ3) is 10.0. The smallest absolute Gasteiger partial charge is 0.326 e. The number of carboxylic acids is 1. The molecule has 0 fully saturated rings. The number of carbonyl (C=O) groups is 6. The van der Waals surface area contributed by atoms with Gasteiger partial charge in [0.05, 0.1) is 19.1 Å². The molecular formula is C15H26N6O8S. The molecule has 0 aliphatic rings. The van der Waals surface area contributed by atoms with Gasteiger partial charge in [-0.1, -0.05) is 0 Å². The minimum absolute atomic E-state index is 0.0553. The molecule has 170 valence electrons. The molecule has 0 aliphatic heterocycles. The van der Waals surface area contributed by atoms with Crippen molar-refractivity contribution in [3.05, 3.63) is 0 Å². The van der Waals surface area contributed by atoms with Gasteiger partial charge < -0.3 is 43.4 Å². The fraction of sp³-hybridized carbons (Fsp3) is 0.600. The summed E-state index contributed by atoms with van der Waals surface area (Å²) in [6.07, 6.45) is -1.27. The maximum Gasteiger partial charge on any atom is 0.326 e. The molecule has 0 saturated carbocycles. The van der Waals surface area contributed by atoms with Crippen molar-refractivity contribution < 1.29 is 39.0 Å². The number of hydrogen-bond acceptors (Lipinski definition) is 9. The van der Waals surface area contributed by atoms with Crippen LogP contribution in [-0.2, 0) is 28.8 Å². The van der Waals surface area contributed by atoms with Gasteiger partial charge in [0.2, 0.25) is 29.5 Å². The molecule has 4 atom stereocenters. The standard InChI is InChI=1S/C15H26N6O8S/c16-6(5-30)12(25)20-8(3-11(18)24)13(26)21-9(4-22)14(27)19-7(15(28)29)1-2-10(17)23/h6-9,22,30H,1-5,16H2,(H2,17,23)(H2,18,24)(H,19,27)(H,20,25)(H,21,26)(H,28,29). The van der Waals surface area contributed by atoms with Gasteiger partial charge in [-0.05, 0) is 6.42 Å². The Labute approximate surface area is 176 Å². The molecule has 30 heavy (non-hydrogen) atoms. The summed E-state index contributed by atoms with van der Waals surface area (Å²) >= 11 is 3.83. The van der Waals surface area contributed by atoms with E-state index in [2.05, 4.69) is 23.3 Å². The van der Waals surface area contributed by atoms with Gasteiger partial charge in [0.15, 0.2) is 0 Å². The number of hydrogen-bond donors (Lipinski definition) is 9. The number of carbonyl (C=O) groups excluding carboxylic acids is 5. The van der Waals surface area contributed by atoms with Gasteiger partial charge in [-0.15, -0.1) is 0 Å². The largest absolute Gasteiger partial charge is 0.480 e. The van der Waals surface area contributed by atoms with Crippen LogP contribution in [-0.4, -0.2) is 82.2 Å². The van der Waals surface area contributed by atoms with Crippen LogP contribution in [0.2, 0.25) is 0 Å². The molecule has 0 rings (SSSR count). The summed E-state index contributed by atoms with van der Waals surface area (Å²) < 4.78 is 0. The maximum atomic E-state index is 12.4. The lowest BCUT2D eigenvalue weighted by Crippen LogP contribution is -2.58. The highest BCUT2D eigenvalue weighted by molar-refractivity contribution is 7.80. The first-order valence-electron chi connectivity index (χ1n) is 8.60. The zero-order chi connectivity index (χ0) is 23.4. The number of aliphatic hydroxyl groups excluding tert-OH is 1. The van der Waals surface area contributed by atoms with E-state index in [0.29, 0.717) is 0 Å². The van der Waals surface area contributed by atoms with Crippen molar-refractivity contribution in [2.24, 2.45) is 17.2 Å². The highest BCUT2D eigenvalue weighted by Crippen LogP contribution is 2.00. The van der Waals surface area contributed by atoms with Crippen LogP contribution < -0.4 is 33.2 Å². The number of primary amides is 2. The van der Waals surface area contributed by atoms with E-state index in [-0.39, 0.29) is 18.6 Å². The monoisotopic (exact) mass is 450 g/mol. The molecule has 0 spiro atoms. The van der Waals surface area contributed by atoms with E-state index in [1.807, 2.05) is 5.32 Å². The molecule has 14 nitrogen and oxygen atoms in total. The van der Waals surface area contributed by atoms with Crippen LogP contribution in [0.25, 0.3) is 0 Å². The molecule has 4 unspecified atom stereocenters. The summed E-state index contributed by atoms with van der Waals surface area (Å²) in [5.41, 5.74) is 15.5. The molecule has 0 bridgehead atoms. The van der Waals surface area contributed by atoms with Crippen LogP contribution in [0.1, 0.15) is 19.3 Å². The third-order valence-electron chi connectivity index (χ3n) is 3.68. The first-order valence-corrected chi connectivity index (χ1v) is 9.23. The SMILES string of the molecule is NC(=O)CCC(NC(=O)C(CO)NC(=O)C(CC(N)=O)NC(=O)C(N)CS)C(=O)O. The second kappa shape index (κ2) is 13.3. The maximum absolute atomic E-state index is 12.4. The quantitative estimate of drug-likeness (QED) is 0.114. The highest BCUT2D eigenvalue weighted by atomic mass is 32.1. The predicted octanol–water partition coefficient (Wildman–Crippen LogP) is -5.08. The second-order valence-corrected chi connectivity index (χ2v) is 6.53. The summed E-state index contributed by atoms with van der Waals surface area (Å²) in [5, 5.41) is 24.8. The minimum atomic E-state index is -1.63. The lowest BCUT2D eigenvalue weighted by Gasteiger charge is -2.23. The third-order valence-corrected chi connectivity index (χ3v) is 4.07. The summed E-state index contributed by atoms with van der Waals surface area (Å²) in [6.45, 7) is -0.937. The molecule has 0 aliphatic carbocycles. The first kappa shape index (κ1) is 27.1. The van der Waals surface area contributed by atoms with Crippen LogP contribution in [0.4, 0.5) is 0 Å². The minimum Gasteiger partial charge on any atom is -0.480 e. The molecule has 0 radical (unpaired) electrons. The fourth-order valence-electron chi connectivity index (χ4n) is 2.05. The number of amides is 5. The van der Waals surface area contributed by atoms with Gasteiger partial charge in [0.25, 0.3) is 0 Å². The van der Waals surface area contributed by atoms with E-state index >= 15 is 0 Å². The van der Waals surface area contributed by atoms with E-state index in [1.54, 1.807) is 0 Å². The Bertz CT molecular complexity index is 676. The molecule has 5 amide bonds. The molecule has 0 saturated heterocycles. The Morgan fingerprint density at radius 2 is 1.33 bits per heavy atom. The van der Waals surface area contributed by atoms with E-state index in [9.17, 15) is 33.9 Å². The Morgan fingerprint density at radius 1 is 0.833 bits per heavy atom. The summed E-state index contributed by atoms with van der Waals surface area (Å²) in [6, 6.07) is -5.73. The van der Waals surface area contributed by atoms with Crippen LogP contribution in [0.5, 0.6) is 0 Å². The number of carboxylic acid groups (broad SMARTS) is 1. The number of nitrogens with one attached hydrogen (secondary N) is 3. The van der Waals surface area contributed by atoms with Gasteiger partial charge in [0.1, 0.15) is 18.1 Å². The normalized spacial score (nSPS) is 14.5. The van der Waals surface area contributed by atoms with Gasteiger partial charge in [-0.25, -0.2) is 4.79 Å². The van der Waals surface area contributed by atoms with Crippen LogP contribution in [0, 0.1) is 0 Å². The zero-order valence-electron chi connectivity index (χ0n) is 15.9. The van der Waals surface area contributed by atoms with Gasteiger partial charge >= 0.3 is 5.97 Å². The molecule has 0 aromatic carbocycles. The van der Waals surface area contributed by atoms with Crippen molar-refractivity contribution in [2.75, 3.05) is 12.4 Å². The lowest BCUT2D eigenvalue weighted by atomic mass is 10.1. The second-order valence-electron chi connectivity index (χ2n) is 6.17. The predicted molar refractivity (Wildman–Crippen MR) is 105 cm³/mol. The molecule has 0 heterocycles. The number of aliphatic carboxylic acids is 1. The summed E-state index contributed by atoms with van der Waals surface area (Å²) in [5.74, 6) is -6.20. The molecule has 15 heteroatoms. The number of rotatable bonds is 14. The highest BCUT2D eigenvalue weighted by Gasteiger charge is 2.30. The first-order chi connectivity index (χ1) is 13.9. The number of thiol groups is 1. The zero-order valence-corrected chi connectivity index (χ0v) is 16.8. The number of nitrogens with two attached hydrogens (primary N) is 3. The van der Waals surface area contributed by atoms with Crippen molar-refractivity contribution in [3.63, 3.8) is 0 Å². The van der Waals surface area contributed by atoms with E-state index < -0.39 is 72.7 Å². The summed E-state index contributed by atoms with van der Waals surface area (Å²) in [4.78, 5) is 69.6. The topological polar surface area (TPSA) is 257 Å². The number of aliphatic hydroxyl groups is 1. The van der Waals surface area contributed by atoms with Crippen LogP contribution in [0.3, 0.4) is 0 Å².